The van der Waals surface area contributed by atoms with Gasteiger partial charge < -0.3 is 15.3 Å². The van der Waals surface area contributed by atoms with Crippen molar-refractivity contribution >= 4 is 6.03 Å². The highest BCUT2D eigenvalue weighted by Gasteiger charge is 2.42. The van der Waals surface area contributed by atoms with Crippen LogP contribution < -0.4 is 5.32 Å². The molecule has 2 heterocycles. The number of aliphatic hydroxyl groups excluding tert-OH is 1. The molecule has 0 spiro atoms. The Morgan fingerprint density at radius 2 is 2.25 bits per heavy atom. The first-order chi connectivity index (χ1) is 11.5. The van der Waals surface area contributed by atoms with Crippen LogP contribution in [0.1, 0.15) is 37.3 Å². The Bertz CT molecular complexity index is 607. The molecular formula is C19H27FN2O2. The standard InChI is InChI=1S/C19H27FN2O2/c1-12-7-17(20)5-4-15(12)8-13(2)21-19(24)22-10-14-3-6-18(22)16(9-14)11-23/h4-5,7,13-14,16,18,23H,3,6,8-11H2,1-2H3,(H,21,24). The van der Waals surface area contributed by atoms with Gasteiger partial charge in [-0.15, -0.1) is 0 Å². The van der Waals surface area contributed by atoms with Crippen molar-refractivity contribution in [2.45, 2.75) is 51.6 Å². The first kappa shape index (κ1) is 17.2. The maximum absolute atomic E-state index is 13.2. The van der Waals surface area contributed by atoms with Crippen molar-refractivity contribution in [2.24, 2.45) is 11.8 Å². The summed E-state index contributed by atoms with van der Waals surface area (Å²) in [4.78, 5) is 14.6. The number of aryl methyl sites for hydroxylation is 1. The lowest BCUT2D eigenvalue weighted by Crippen LogP contribution is -2.59. The number of hydrogen-bond donors (Lipinski definition) is 2. The number of carbonyl (C=O) groups is 1. The Morgan fingerprint density at radius 3 is 2.92 bits per heavy atom. The van der Waals surface area contributed by atoms with E-state index in [4.69, 9.17) is 0 Å². The number of fused-ring (bicyclic) bond motifs is 3. The predicted octanol–water partition coefficient (Wildman–Crippen LogP) is 2.87. The quantitative estimate of drug-likeness (QED) is 0.889. The van der Waals surface area contributed by atoms with Crippen LogP contribution in [0.5, 0.6) is 0 Å². The summed E-state index contributed by atoms with van der Waals surface area (Å²) in [5, 5.41) is 12.6. The zero-order valence-electron chi connectivity index (χ0n) is 14.5. The van der Waals surface area contributed by atoms with Gasteiger partial charge in [0, 0.05) is 31.2 Å². The molecule has 2 bridgehead atoms. The fourth-order valence-electron chi connectivity index (χ4n) is 4.33. The van der Waals surface area contributed by atoms with Crippen LogP contribution in [0.15, 0.2) is 18.2 Å². The van der Waals surface area contributed by atoms with Crippen LogP contribution in [0.2, 0.25) is 0 Å². The number of aliphatic hydroxyl groups is 1. The molecule has 1 aromatic carbocycles. The van der Waals surface area contributed by atoms with E-state index in [1.807, 2.05) is 18.7 Å². The summed E-state index contributed by atoms with van der Waals surface area (Å²) in [6, 6.07) is 4.90. The average molecular weight is 334 g/mol. The molecule has 3 aliphatic rings. The number of nitrogens with zero attached hydrogens (tertiary/aromatic N) is 1. The van der Waals surface area contributed by atoms with E-state index >= 15 is 0 Å². The molecule has 2 aliphatic heterocycles. The molecule has 0 aromatic heterocycles. The molecule has 5 heteroatoms. The largest absolute Gasteiger partial charge is 0.396 e. The van der Waals surface area contributed by atoms with Crippen molar-refractivity contribution in [3.63, 3.8) is 0 Å². The molecule has 4 nitrogen and oxygen atoms in total. The summed E-state index contributed by atoms with van der Waals surface area (Å²) >= 11 is 0. The van der Waals surface area contributed by atoms with E-state index < -0.39 is 0 Å². The van der Waals surface area contributed by atoms with E-state index in [0.717, 1.165) is 36.9 Å². The normalized spacial score (nSPS) is 27.2. The summed E-state index contributed by atoms with van der Waals surface area (Å²) in [6.45, 7) is 4.83. The molecule has 2 N–H and O–H groups in total. The van der Waals surface area contributed by atoms with Crippen LogP contribution >= 0.6 is 0 Å². The molecule has 1 aromatic rings. The lowest BCUT2D eigenvalue weighted by molar-refractivity contribution is 0.00343. The van der Waals surface area contributed by atoms with Gasteiger partial charge in [-0.3, -0.25) is 0 Å². The van der Waals surface area contributed by atoms with Crippen LogP contribution in [0.25, 0.3) is 0 Å². The molecule has 4 atom stereocenters. The number of rotatable bonds is 4. The first-order valence-electron chi connectivity index (χ1n) is 8.91. The number of nitrogens with one attached hydrogen (secondary N) is 1. The molecule has 1 saturated carbocycles. The number of benzene rings is 1. The van der Waals surface area contributed by atoms with Crippen LogP contribution in [-0.2, 0) is 6.42 Å². The predicted molar refractivity (Wildman–Crippen MR) is 91.2 cm³/mol. The van der Waals surface area contributed by atoms with Crippen LogP contribution in [0.4, 0.5) is 9.18 Å². The van der Waals surface area contributed by atoms with Gasteiger partial charge >= 0.3 is 6.03 Å². The molecular weight excluding hydrogens is 307 g/mol. The minimum absolute atomic E-state index is 0.0188. The van der Waals surface area contributed by atoms with Crippen LogP contribution in [0.3, 0.4) is 0 Å². The zero-order valence-corrected chi connectivity index (χ0v) is 14.5. The molecule has 24 heavy (non-hydrogen) atoms. The third-order valence-corrected chi connectivity index (χ3v) is 5.60. The maximum atomic E-state index is 13.2. The number of carbonyl (C=O) groups excluding carboxylic acids is 1. The van der Waals surface area contributed by atoms with E-state index in [2.05, 4.69) is 5.32 Å². The summed E-state index contributed by atoms with van der Waals surface area (Å²) < 4.78 is 13.2. The highest BCUT2D eigenvalue weighted by atomic mass is 19.1. The molecule has 0 radical (unpaired) electrons. The second kappa shape index (κ2) is 7.09. The fourth-order valence-corrected chi connectivity index (χ4v) is 4.33. The van der Waals surface area contributed by atoms with E-state index in [1.165, 1.54) is 12.1 Å². The summed E-state index contributed by atoms with van der Waals surface area (Å²) in [5.74, 6) is 0.512. The van der Waals surface area contributed by atoms with Gasteiger partial charge in [0.2, 0.25) is 0 Å². The smallest absolute Gasteiger partial charge is 0.317 e. The van der Waals surface area contributed by atoms with E-state index in [9.17, 15) is 14.3 Å². The lowest BCUT2D eigenvalue weighted by atomic mass is 9.73. The second-order valence-electron chi connectivity index (χ2n) is 7.47. The molecule has 3 fully saturated rings. The highest BCUT2D eigenvalue weighted by molar-refractivity contribution is 5.75. The Morgan fingerprint density at radius 1 is 1.46 bits per heavy atom. The molecule has 1 aliphatic carbocycles. The number of amides is 2. The Kier molecular flexibility index (Phi) is 5.09. The monoisotopic (exact) mass is 334 g/mol. The molecule has 2 saturated heterocycles. The maximum Gasteiger partial charge on any atom is 0.317 e. The van der Waals surface area contributed by atoms with Gasteiger partial charge in [-0.1, -0.05) is 6.07 Å². The van der Waals surface area contributed by atoms with Gasteiger partial charge in [0.15, 0.2) is 0 Å². The summed E-state index contributed by atoms with van der Waals surface area (Å²) in [7, 11) is 0. The summed E-state index contributed by atoms with van der Waals surface area (Å²) in [5.41, 5.74) is 1.96. The SMILES string of the molecule is Cc1cc(F)ccc1CC(C)NC(=O)N1CC2CCC1C(CO)C2. The third kappa shape index (κ3) is 3.56. The van der Waals surface area contributed by atoms with Crippen molar-refractivity contribution in [1.29, 1.82) is 0 Å². The fraction of sp³-hybridized carbons (Fsp3) is 0.632. The topological polar surface area (TPSA) is 52.6 Å². The van der Waals surface area contributed by atoms with Gasteiger partial charge in [0.25, 0.3) is 0 Å². The van der Waals surface area contributed by atoms with Gasteiger partial charge in [0.05, 0.1) is 0 Å². The average Bonchev–Trinajstić information content (AvgIpc) is 2.57. The zero-order chi connectivity index (χ0) is 17.3. The minimum atomic E-state index is -0.229. The molecule has 4 rings (SSSR count). The third-order valence-electron chi connectivity index (χ3n) is 5.60. The van der Waals surface area contributed by atoms with Gasteiger partial charge in [-0.2, -0.15) is 0 Å². The van der Waals surface area contributed by atoms with Crippen molar-refractivity contribution in [3.05, 3.63) is 35.1 Å². The van der Waals surface area contributed by atoms with Crippen LogP contribution in [-0.4, -0.2) is 41.3 Å². The lowest BCUT2D eigenvalue weighted by Gasteiger charge is -2.49. The van der Waals surface area contributed by atoms with E-state index in [-0.39, 0.29) is 36.5 Å². The second-order valence-corrected chi connectivity index (χ2v) is 7.47. The molecule has 132 valence electrons. The summed E-state index contributed by atoms with van der Waals surface area (Å²) in [6.07, 6.45) is 3.88. The number of piperidine rings is 2. The Labute approximate surface area is 143 Å². The molecule has 2 amide bonds. The van der Waals surface area contributed by atoms with Gasteiger partial charge in [-0.25, -0.2) is 9.18 Å². The Balaban J connectivity index is 1.60. The number of halogens is 1. The Hall–Kier alpha value is -1.62. The van der Waals surface area contributed by atoms with E-state index in [1.54, 1.807) is 6.07 Å². The number of hydrogen-bond acceptors (Lipinski definition) is 2. The van der Waals surface area contributed by atoms with Crippen molar-refractivity contribution in [1.82, 2.24) is 10.2 Å². The molecule has 4 unspecified atom stereocenters. The van der Waals surface area contributed by atoms with Crippen molar-refractivity contribution in [2.75, 3.05) is 13.2 Å². The van der Waals surface area contributed by atoms with Crippen LogP contribution in [0, 0.1) is 24.6 Å². The minimum Gasteiger partial charge on any atom is -0.396 e. The number of urea groups is 1. The highest BCUT2D eigenvalue weighted by Crippen LogP contribution is 2.38. The van der Waals surface area contributed by atoms with Crippen molar-refractivity contribution in [3.8, 4) is 0 Å². The van der Waals surface area contributed by atoms with Crippen molar-refractivity contribution < 1.29 is 14.3 Å². The first-order valence-corrected chi connectivity index (χ1v) is 8.91. The van der Waals surface area contributed by atoms with Gasteiger partial charge in [0.1, 0.15) is 5.82 Å². The van der Waals surface area contributed by atoms with E-state index in [0.29, 0.717) is 12.3 Å². The van der Waals surface area contributed by atoms with Gasteiger partial charge in [-0.05, 0) is 68.7 Å².